The van der Waals surface area contributed by atoms with E-state index in [1.165, 1.54) is 6.42 Å². The predicted octanol–water partition coefficient (Wildman–Crippen LogP) is 1.81. The van der Waals surface area contributed by atoms with E-state index in [0.29, 0.717) is 11.3 Å². The van der Waals surface area contributed by atoms with Gasteiger partial charge in [-0.1, -0.05) is 13.8 Å². The number of amides is 1. The van der Waals surface area contributed by atoms with Crippen molar-refractivity contribution in [1.29, 1.82) is 0 Å². The molecular weight excluding hydrogens is 224 g/mol. The molecule has 0 saturated carbocycles. The fraction of sp³-hybridized carbons (Fsp3) is 0.917. The number of nitrogens with one attached hydrogen (secondary N) is 1. The van der Waals surface area contributed by atoms with Crippen LogP contribution in [-0.2, 0) is 4.79 Å². The van der Waals surface area contributed by atoms with Crippen LogP contribution in [0, 0.1) is 5.41 Å². The van der Waals surface area contributed by atoms with Crippen molar-refractivity contribution in [1.82, 2.24) is 10.2 Å². The van der Waals surface area contributed by atoms with E-state index < -0.39 is 0 Å². The SMILES string of the molecule is CC1(C)CCCN(C(=O)[C@H]2CCN2)CC1.Cl. The van der Waals surface area contributed by atoms with Crippen molar-refractivity contribution in [2.24, 2.45) is 5.41 Å². The van der Waals surface area contributed by atoms with Crippen molar-refractivity contribution in [2.75, 3.05) is 19.6 Å². The standard InChI is InChI=1S/C12H22N2O.ClH/c1-12(2)5-3-8-14(9-6-12)11(15)10-4-7-13-10;/h10,13H,3-9H2,1-2H3;1H/t10-;/m1./s1. The minimum Gasteiger partial charge on any atom is -0.341 e. The lowest BCUT2D eigenvalue weighted by Gasteiger charge is -2.32. The fourth-order valence-electron chi connectivity index (χ4n) is 2.36. The Balaban J connectivity index is 0.00000128. The summed E-state index contributed by atoms with van der Waals surface area (Å²) in [6.45, 7) is 7.53. The Hall–Kier alpha value is -0.280. The molecule has 0 aromatic carbocycles. The molecule has 1 N–H and O–H groups in total. The van der Waals surface area contributed by atoms with Crippen molar-refractivity contribution in [3.05, 3.63) is 0 Å². The maximum absolute atomic E-state index is 12.0. The summed E-state index contributed by atoms with van der Waals surface area (Å²) < 4.78 is 0. The van der Waals surface area contributed by atoms with Gasteiger partial charge in [0.1, 0.15) is 0 Å². The van der Waals surface area contributed by atoms with Gasteiger partial charge in [0.2, 0.25) is 5.91 Å². The van der Waals surface area contributed by atoms with E-state index in [1.54, 1.807) is 0 Å². The second-order valence-electron chi connectivity index (χ2n) is 5.64. The molecule has 2 aliphatic rings. The van der Waals surface area contributed by atoms with E-state index in [2.05, 4.69) is 24.1 Å². The van der Waals surface area contributed by atoms with Crippen LogP contribution in [0.1, 0.15) is 39.5 Å². The molecule has 1 amide bonds. The van der Waals surface area contributed by atoms with Gasteiger partial charge in [0, 0.05) is 13.1 Å². The maximum atomic E-state index is 12.0. The highest BCUT2D eigenvalue weighted by Gasteiger charge is 2.31. The zero-order valence-electron chi connectivity index (χ0n) is 10.3. The summed E-state index contributed by atoms with van der Waals surface area (Å²) >= 11 is 0. The number of rotatable bonds is 1. The topological polar surface area (TPSA) is 32.3 Å². The van der Waals surface area contributed by atoms with E-state index in [0.717, 1.165) is 38.9 Å². The molecule has 1 atom stereocenters. The Morgan fingerprint density at radius 2 is 2.00 bits per heavy atom. The van der Waals surface area contributed by atoms with Crippen LogP contribution in [0.5, 0.6) is 0 Å². The first kappa shape index (κ1) is 13.8. The number of halogens is 1. The molecule has 0 bridgehead atoms. The molecule has 2 heterocycles. The van der Waals surface area contributed by atoms with Crippen molar-refractivity contribution >= 4 is 18.3 Å². The number of hydrogen-bond donors (Lipinski definition) is 1. The van der Waals surface area contributed by atoms with Gasteiger partial charge in [0.25, 0.3) is 0 Å². The van der Waals surface area contributed by atoms with Crippen LogP contribution in [-0.4, -0.2) is 36.5 Å². The van der Waals surface area contributed by atoms with Crippen LogP contribution in [0.2, 0.25) is 0 Å². The molecule has 2 fully saturated rings. The van der Waals surface area contributed by atoms with Crippen LogP contribution in [0.4, 0.5) is 0 Å². The largest absolute Gasteiger partial charge is 0.341 e. The molecule has 2 saturated heterocycles. The quantitative estimate of drug-likeness (QED) is 0.766. The number of likely N-dealkylation sites (tertiary alicyclic amines) is 1. The van der Waals surface area contributed by atoms with Gasteiger partial charge < -0.3 is 10.2 Å². The minimum absolute atomic E-state index is 0. The summed E-state index contributed by atoms with van der Waals surface area (Å²) in [5, 5.41) is 3.19. The molecule has 2 rings (SSSR count). The molecule has 0 aromatic heterocycles. The molecule has 4 heteroatoms. The molecule has 16 heavy (non-hydrogen) atoms. The van der Waals surface area contributed by atoms with Crippen LogP contribution < -0.4 is 5.32 Å². The Kier molecular flexibility index (Phi) is 4.62. The molecule has 0 spiro atoms. The van der Waals surface area contributed by atoms with E-state index in [9.17, 15) is 4.79 Å². The average Bonchev–Trinajstić information content (AvgIpc) is 2.23. The highest BCUT2D eigenvalue weighted by Crippen LogP contribution is 2.30. The van der Waals surface area contributed by atoms with Gasteiger partial charge in [-0.2, -0.15) is 0 Å². The minimum atomic E-state index is 0. The van der Waals surface area contributed by atoms with Gasteiger partial charge in [0.15, 0.2) is 0 Å². The van der Waals surface area contributed by atoms with Gasteiger partial charge in [0.05, 0.1) is 6.04 Å². The molecule has 94 valence electrons. The second-order valence-corrected chi connectivity index (χ2v) is 5.64. The van der Waals surface area contributed by atoms with Crippen molar-refractivity contribution in [3.63, 3.8) is 0 Å². The first-order valence-corrected chi connectivity index (χ1v) is 6.11. The van der Waals surface area contributed by atoms with E-state index in [1.807, 2.05) is 0 Å². The summed E-state index contributed by atoms with van der Waals surface area (Å²) in [7, 11) is 0. The molecule has 3 nitrogen and oxygen atoms in total. The van der Waals surface area contributed by atoms with Crippen molar-refractivity contribution in [3.8, 4) is 0 Å². The highest BCUT2D eigenvalue weighted by atomic mass is 35.5. The predicted molar refractivity (Wildman–Crippen MR) is 67.9 cm³/mol. The number of carbonyl (C=O) groups excluding carboxylic acids is 1. The van der Waals surface area contributed by atoms with E-state index in [4.69, 9.17) is 0 Å². The third kappa shape index (κ3) is 3.11. The lowest BCUT2D eigenvalue weighted by atomic mass is 9.85. The first-order valence-electron chi connectivity index (χ1n) is 6.11. The third-order valence-electron chi connectivity index (χ3n) is 3.77. The smallest absolute Gasteiger partial charge is 0.239 e. The molecule has 0 unspecified atom stereocenters. The number of nitrogens with zero attached hydrogens (tertiary/aromatic N) is 1. The Labute approximate surface area is 104 Å². The molecule has 0 aromatic rings. The van der Waals surface area contributed by atoms with Crippen LogP contribution in [0.15, 0.2) is 0 Å². The first-order chi connectivity index (χ1) is 7.08. The van der Waals surface area contributed by atoms with Gasteiger partial charge in [-0.25, -0.2) is 0 Å². The number of hydrogen-bond acceptors (Lipinski definition) is 2. The molecule has 0 aliphatic carbocycles. The van der Waals surface area contributed by atoms with Crippen molar-refractivity contribution < 1.29 is 4.79 Å². The summed E-state index contributed by atoms with van der Waals surface area (Å²) in [6, 6.07) is 0.131. The van der Waals surface area contributed by atoms with Crippen molar-refractivity contribution in [2.45, 2.75) is 45.6 Å². The lowest BCUT2D eigenvalue weighted by molar-refractivity contribution is -0.135. The Morgan fingerprint density at radius 3 is 2.56 bits per heavy atom. The van der Waals surface area contributed by atoms with Gasteiger partial charge in [-0.15, -0.1) is 12.4 Å². The highest BCUT2D eigenvalue weighted by molar-refractivity contribution is 5.85. The normalized spacial score (nSPS) is 28.6. The maximum Gasteiger partial charge on any atom is 0.239 e. The Morgan fingerprint density at radius 1 is 1.31 bits per heavy atom. The monoisotopic (exact) mass is 246 g/mol. The summed E-state index contributed by atoms with van der Waals surface area (Å²) in [4.78, 5) is 14.1. The third-order valence-corrected chi connectivity index (χ3v) is 3.77. The molecule has 0 radical (unpaired) electrons. The molecule has 2 aliphatic heterocycles. The summed E-state index contributed by atoms with van der Waals surface area (Å²) in [6.07, 6.45) is 4.57. The average molecular weight is 247 g/mol. The molecular formula is C12H23ClN2O. The van der Waals surface area contributed by atoms with Crippen LogP contribution in [0.3, 0.4) is 0 Å². The fourth-order valence-corrected chi connectivity index (χ4v) is 2.36. The van der Waals surface area contributed by atoms with E-state index in [-0.39, 0.29) is 18.4 Å². The van der Waals surface area contributed by atoms with Crippen LogP contribution in [0.25, 0.3) is 0 Å². The second kappa shape index (κ2) is 5.37. The van der Waals surface area contributed by atoms with Gasteiger partial charge >= 0.3 is 0 Å². The summed E-state index contributed by atoms with van der Waals surface area (Å²) in [5.41, 5.74) is 0.419. The summed E-state index contributed by atoms with van der Waals surface area (Å²) in [5.74, 6) is 0.332. The van der Waals surface area contributed by atoms with Crippen LogP contribution >= 0.6 is 12.4 Å². The zero-order chi connectivity index (χ0) is 10.9. The zero-order valence-corrected chi connectivity index (χ0v) is 11.1. The lowest BCUT2D eigenvalue weighted by Crippen LogP contribution is -2.54. The Bertz CT molecular complexity index is 251. The van der Waals surface area contributed by atoms with E-state index >= 15 is 0 Å². The van der Waals surface area contributed by atoms with Gasteiger partial charge in [-0.05, 0) is 37.6 Å². The number of carbonyl (C=O) groups is 1. The van der Waals surface area contributed by atoms with Gasteiger partial charge in [-0.3, -0.25) is 4.79 Å².